The van der Waals surface area contributed by atoms with Gasteiger partial charge in [0.25, 0.3) is 0 Å². The van der Waals surface area contributed by atoms with Crippen LogP contribution in [0, 0.1) is 0 Å². The molecule has 1 aromatic rings. The summed E-state index contributed by atoms with van der Waals surface area (Å²) < 4.78 is 0. The number of aliphatic hydroxyl groups excluding tert-OH is 2. The fourth-order valence-corrected chi connectivity index (χ4v) is 2.54. The Labute approximate surface area is 95.3 Å². The van der Waals surface area contributed by atoms with Crippen LogP contribution in [0.25, 0.3) is 0 Å². The molecule has 0 spiro atoms. The number of thioether (sulfide) groups is 1. The third-order valence-electron chi connectivity index (χ3n) is 2.24. The average molecular weight is 226 g/mol. The van der Waals surface area contributed by atoms with Crippen LogP contribution in [-0.2, 0) is 0 Å². The molecule has 2 nitrogen and oxygen atoms in total. The molecular weight excluding hydrogens is 208 g/mol. The van der Waals surface area contributed by atoms with E-state index in [2.05, 4.69) is 19.1 Å². The van der Waals surface area contributed by atoms with Gasteiger partial charge in [-0.1, -0.05) is 37.3 Å². The van der Waals surface area contributed by atoms with E-state index >= 15 is 0 Å². The van der Waals surface area contributed by atoms with Gasteiger partial charge in [0.15, 0.2) is 0 Å². The van der Waals surface area contributed by atoms with Gasteiger partial charge in [0.2, 0.25) is 0 Å². The third-order valence-corrected chi connectivity index (χ3v) is 3.83. The Morgan fingerprint density at radius 1 is 1.27 bits per heavy atom. The van der Waals surface area contributed by atoms with Crippen LogP contribution in [-0.4, -0.2) is 28.7 Å². The molecule has 0 aliphatic carbocycles. The minimum Gasteiger partial charge on any atom is -0.394 e. The second-order valence-corrected chi connectivity index (χ2v) is 4.71. The van der Waals surface area contributed by atoms with E-state index in [1.807, 2.05) is 18.2 Å². The Bertz CT molecular complexity index is 264. The van der Waals surface area contributed by atoms with Crippen molar-refractivity contribution in [3.05, 3.63) is 35.9 Å². The van der Waals surface area contributed by atoms with Gasteiger partial charge in [-0.3, -0.25) is 0 Å². The van der Waals surface area contributed by atoms with Gasteiger partial charge in [0, 0.05) is 11.0 Å². The summed E-state index contributed by atoms with van der Waals surface area (Å²) in [6.45, 7) is 1.98. The summed E-state index contributed by atoms with van der Waals surface area (Å²) in [5.41, 5.74) is 1.29. The van der Waals surface area contributed by atoms with Gasteiger partial charge >= 0.3 is 0 Å². The molecule has 15 heavy (non-hydrogen) atoms. The van der Waals surface area contributed by atoms with Gasteiger partial charge in [-0.25, -0.2) is 0 Å². The van der Waals surface area contributed by atoms with E-state index in [1.54, 1.807) is 11.8 Å². The summed E-state index contributed by atoms with van der Waals surface area (Å²) in [6, 6.07) is 10.3. The maximum absolute atomic E-state index is 9.28. The van der Waals surface area contributed by atoms with Gasteiger partial charge in [-0.15, -0.1) is 0 Å². The fraction of sp³-hybridized carbons (Fsp3) is 0.500. The van der Waals surface area contributed by atoms with Crippen molar-refractivity contribution in [2.45, 2.75) is 24.7 Å². The summed E-state index contributed by atoms with van der Waals surface area (Å²) in [5.74, 6) is 0.587. The van der Waals surface area contributed by atoms with Gasteiger partial charge in [0.1, 0.15) is 0 Å². The zero-order valence-corrected chi connectivity index (χ0v) is 9.78. The second-order valence-electron chi connectivity index (χ2n) is 3.48. The summed E-state index contributed by atoms with van der Waals surface area (Å²) in [4.78, 5) is 0. The topological polar surface area (TPSA) is 40.5 Å². The molecule has 0 fully saturated rings. The quantitative estimate of drug-likeness (QED) is 0.781. The average Bonchev–Trinajstić information content (AvgIpc) is 2.31. The first kappa shape index (κ1) is 12.6. The molecule has 0 heterocycles. The number of hydrogen-bond acceptors (Lipinski definition) is 3. The molecule has 0 unspecified atom stereocenters. The Morgan fingerprint density at radius 2 is 1.93 bits per heavy atom. The highest BCUT2D eigenvalue weighted by Crippen LogP contribution is 2.31. The molecule has 1 rings (SSSR count). The molecule has 0 aliphatic heterocycles. The number of rotatable bonds is 6. The zero-order valence-electron chi connectivity index (χ0n) is 8.97. The largest absolute Gasteiger partial charge is 0.394 e. The zero-order chi connectivity index (χ0) is 11.1. The first-order valence-corrected chi connectivity index (χ1v) is 6.28. The Hall–Kier alpha value is -0.510. The molecule has 1 aromatic carbocycles. The highest BCUT2D eigenvalue weighted by atomic mass is 32.2. The lowest BCUT2D eigenvalue weighted by atomic mass is 10.1. The van der Waals surface area contributed by atoms with E-state index in [-0.39, 0.29) is 6.61 Å². The Balaban J connectivity index is 2.50. The molecule has 0 aromatic heterocycles. The normalized spacial score (nSPS) is 14.9. The van der Waals surface area contributed by atoms with E-state index in [1.165, 1.54) is 5.56 Å². The summed E-state index contributed by atoms with van der Waals surface area (Å²) in [5, 5.41) is 18.4. The fourth-order valence-electron chi connectivity index (χ4n) is 1.40. The van der Waals surface area contributed by atoms with Crippen LogP contribution in [0.5, 0.6) is 0 Å². The monoisotopic (exact) mass is 226 g/mol. The summed E-state index contributed by atoms with van der Waals surface area (Å²) in [6.07, 6.45) is 0.431. The van der Waals surface area contributed by atoms with E-state index in [0.29, 0.717) is 11.0 Å². The van der Waals surface area contributed by atoms with Gasteiger partial charge in [-0.2, -0.15) is 11.8 Å². The van der Waals surface area contributed by atoms with E-state index in [4.69, 9.17) is 5.11 Å². The van der Waals surface area contributed by atoms with Crippen molar-refractivity contribution in [2.24, 2.45) is 0 Å². The van der Waals surface area contributed by atoms with Gasteiger partial charge in [0.05, 0.1) is 12.7 Å². The first-order chi connectivity index (χ1) is 7.27. The molecule has 0 bridgehead atoms. The van der Waals surface area contributed by atoms with Crippen molar-refractivity contribution >= 4 is 11.8 Å². The molecule has 0 amide bonds. The minimum atomic E-state index is -0.604. The van der Waals surface area contributed by atoms with Crippen LogP contribution < -0.4 is 0 Å². The van der Waals surface area contributed by atoms with Crippen LogP contribution in [0.4, 0.5) is 0 Å². The third kappa shape index (κ3) is 4.24. The van der Waals surface area contributed by atoms with Crippen LogP contribution in [0.15, 0.2) is 30.3 Å². The first-order valence-electron chi connectivity index (χ1n) is 5.23. The smallest absolute Gasteiger partial charge is 0.0861 e. The lowest BCUT2D eigenvalue weighted by Gasteiger charge is -2.16. The highest BCUT2D eigenvalue weighted by Gasteiger charge is 2.11. The Kier molecular flexibility index (Phi) is 5.76. The standard InChI is InChI=1S/C12H18O2S/c1-2-12(15-9-11(14)8-13)10-6-4-3-5-7-10/h3-7,11-14H,2,8-9H2,1H3/t11-,12-/m1/s1. The number of aliphatic hydroxyl groups is 2. The lowest BCUT2D eigenvalue weighted by Crippen LogP contribution is -2.15. The molecule has 84 valence electrons. The van der Waals surface area contributed by atoms with Crippen LogP contribution in [0.2, 0.25) is 0 Å². The van der Waals surface area contributed by atoms with Gasteiger partial charge < -0.3 is 10.2 Å². The minimum absolute atomic E-state index is 0.155. The van der Waals surface area contributed by atoms with Crippen molar-refractivity contribution in [2.75, 3.05) is 12.4 Å². The lowest BCUT2D eigenvalue weighted by molar-refractivity contribution is 0.113. The van der Waals surface area contributed by atoms with Crippen LogP contribution >= 0.6 is 11.8 Å². The molecule has 3 heteroatoms. The molecule has 0 radical (unpaired) electrons. The number of hydrogen-bond donors (Lipinski definition) is 2. The van der Waals surface area contributed by atoms with Crippen molar-refractivity contribution in [1.29, 1.82) is 0 Å². The van der Waals surface area contributed by atoms with Crippen LogP contribution in [0.1, 0.15) is 24.2 Å². The number of benzene rings is 1. The molecule has 2 N–H and O–H groups in total. The summed E-state index contributed by atoms with van der Waals surface area (Å²) in [7, 11) is 0. The summed E-state index contributed by atoms with van der Waals surface area (Å²) >= 11 is 1.70. The van der Waals surface area contributed by atoms with Crippen molar-refractivity contribution < 1.29 is 10.2 Å². The molecule has 0 saturated carbocycles. The SMILES string of the molecule is CC[C@@H](SC[C@H](O)CO)c1ccccc1. The molecule has 0 saturated heterocycles. The highest BCUT2D eigenvalue weighted by molar-refractivity contribution is 7.99. The molecule has 0 aliphatic rings. The Morgan fingerprint density at radius 3 is 2.47 bits per heavy atom. The van der Waals surface area contributed by atoms with Gasteiger partial charge in [-0.05, 0) is 12.0 Å². The maximum atomic E-state index is 9.28. The van der Waals surface area contributed by atoms with Crippen molar-refractivity contribution in [3.8, 4) is 0 Å². The van der Waals surface area contributed by atoms with E-state index in [0.717, 1.165) is 6.42 Å². The van der Waals surface area contributed by atoms with Crippen molar-refractivity contribution in [3.63, 3.8) is 0 Å². The molecule has 2 atom stereocenters. The second kappa shape index (κ2) is 6.88. The molecular formula is C12H18O2S. The predicted octanol–water partition coefficient (Wildman–Crippen LogP) is 2.22. The predicted molar refractivity (Wildman–Crippen MR) is 65.0 cm³/mol. The van der Waals surface area contributed by atoms with E-state index < -0.39 is 6.10 Å². The van der Waals surface area contributed by atoms with Crippen LogP contribution in [0.3, 0.4) is 0 Å². The maximum Gasteiger partial charge on any atom is 0.0861 e. The van der Waals surface area contributed by atoms with E-state index in [9.17, 15) is 5.11 Å². The van der Waals surface area contributed by atoms with Crippen molar-refractivity contribution in [1.82, 2.24) is 0 Å².